The SMILES string of the molecule is C=NN=C(C)C(C)CC. The summed E-state index contributed by atoms with van der Waals surface area (Å²) < 4.78 is 0. The lowest BCUT2D eigenvalue weighted by molar-refractivity contribution is 0.732. The molecule has 0 aromatic rings. The first kappa shape index (κ1) is 8.34. The van der Waals surface area contributed by atoms with Gasteiger partial charge in [0.2, 0.25) is 0 Å². The highest BCUT2D eigenvalue weighted by Crippen LogP contribution is 2.02. The Kier molecular flexibility index (Phi) is 3.93. The predicted molar refractivity (Wildman–Crippen MR) is 42.1 cm³/mol. The number of hydrogen-bond acceptors (Lipinski definition) is 2. The van der Waals surface area contributed by atoms with Crippen LogP contribution in [0.1, 0.15) is 27.2 Å². The first-order valence-electron chi connectivity index (χ1n) is 3.22. The molecule has 9 heavy (non-hydrogen) atoms. The molecule has 0 rings (SSSR count). The highest BCUT2D eigenvalue weighted by Gasteiger charge is 2.00. The Morgan fingerprint density at radius 3 is 2.56 bits per heavy atom. The minimum absolute atomic E-state index is 0.537. The Morgan fingerprint density at radius 1 is 1.67 bits per heavy atom. The molecule has 0 heterocycles. The van der Waals surface area contributed by atoms with Crippen molar-refractivity contribution in [2.24, 2.45) is 16.1 Å². The Balaban J connectivity index is 3.84. The number of rotatable bonds is 3. The van der Waals surface area contributed by atoms with Gasteiger partial charge in [0, 0.05) is 12.4 Å². The fraction of sp³-hybridized carbons (Fsp3) is 0.714. The molecule has 0 aromatic carbocycles. The summed E-state index contributed by atoms with van der Waals surface area (Å²) >= 11 is 0. The second-order valence-corrected chi connectivity index (χ2v) is 2.19. The Bertz CT molecular complexity index is 116. The standard InChI is InChI=1S/C7H14N2/c1-5-6(2)7(3)9-8-4/h6H,4-5H2,1-3H3. The van der Waals surface area contributed by atoms with Crippen LogP contribution in [0.25, 0.3) is 0 Å². The second-order valence-electron chi connectivity index (χ2n) is 2.19. The highest BCUT2D eigenvalue weighted by atomic mass is 15.2. The molecule has 0 aromatic heterocycles. The van der Waals surface area contributed by atoms with Crippen LogP contribution in [0.3, 0.4) is 0 Å². The van der Waals surface area contributed by atoms with Crippen molar-refractivity contribution in [2.75, 3.05) is 0 Å². The van der Waals surface area contributed by atoms with Crippen molar-refractivity contribution >= 4 is 12.4 Å². The molecule has 0 amide bonds. The summed E-state index contributed by atoms with van der Waals surface area (Å²) in [7, 11) is 0. The maximum Gasteiger partial charge on any atom is 0.0402 e. The maximum absolute atomic E-state index is 3.83. The van der Waals surface area contributed by atoms with Gasteiger partial charge in [0.25, 0.3) is 0 Å². The van der Waals surface area contributed by atoms with Crippen LogP contribution in [0.4, 0.5) is 0 Å². The van der Waals surface area contributed by atoms with Crippen LogP contribution in [0.15, 0.2) is 10.2 Å². The Morgan fingerprint density at radius 2 is 2.22 bits per heavy atom. The van der Waals surface area contributed by atoms with Crippen molar-refractivity contribution in [3.63, 3.8) is 0 Å². The zero-order valence-electron chi connectivity index (χ0n) is 6.39. The molecular formula is C7H14N2. The zero-order chi connectivity index (χ0) is 7.28. The topological polar surface area (TPSA) is 24.7 Å². The first-order valence-corrected chi connectivity index (χ1v) is 3.22. The molecule has 0 aliphatic carbocycles. The first-order chi connectivity index (χ1) is 4.22. The molecule has 1 unspecified atom stereocenters. The molecule has 0 radical (unpaired) electrons. The van der Waals surface area contributed by atoms with Crippen LogP contribution in [0, 0.1) is 5.92 Å². The van der Waals surface area contributed by atoms with Crippen molar-refractivity contribution in [1.82, 2.24) is 0 Å². The third-order valence-electron chi connectivity index (χ3n) is 1.55. The van der Waals surface area contributed by atoms with Crippen LogP contribution >= 0.6 is 0 Å². The van der Waals surface area contributed by atoms with Gasteiger partial charge in [-0.2, -0.15) is 10.2 Å². The van der Waals surface area contributed by atoms with Crippen LogP contribution in [0.2, 0.25) is 0 Å². The zero-order valence-corrected chi connectivity index (χ0v) is 6.39. The van der Waals surface area contributed by atoms with Crippen molar-refractivity contribution in [3.05, 3.63) is 0 Å². The molecule has 0 N–H and O–H groups in total. The third kappa shape index (κ3) is 3.01. The molecular weight excluding hydrogens is 112 g/mol. The van der Waals surface area contributed by atoms with Gasteiger partial charge < -0.3 is 0 Å². The maximum atomic E-state index is 3.83. The molecule has 2 nitrogen and oxygen atoms in total. The molecule has 0 fully saturated rings. The lowest BCUT2D eigenvalue weighted by Crippen LogP contribution is -2.03. The van der Waals surface area contributed by atoms with Crippen molar-refractivity contribution in [2.45, 2.75) is 27.2 Å². The van der Waals surface area contributed by atoms with Crippen molar-refractivity contribution in [1.29, 1.82) is 0 Å². The van der Waals surface area contributed by atoms with Gasteiger partial charge in [-0.05, 0) is 19.3 Å². The van der Waals surface area contributed by atoms with Crippen LogP contribution in [-0.2, 0) is 0 Å². The summed E-state index contributed by atoms with van der Waals surface area (Å²) in [6, 6.07) is 0. The summed E-state index contributed by atoms with van der Waals surface area (Å²) in [5.74, 6) is 0.537. The summed E-state index contributed by atoms with van der Waals surface area (Å²) in [5.41, 5.74) is 1.06. The van der Waals surface area contributed by atoms with Gasteiger partial charge in [0.1, 0.15) is 0 Å². The van der Waals surface area contributed by atoms with E-state index in [0.717, 1.165) is 12.1 Å². The van der Waals surface area contributed by atoms with Gasteiger partial charge >= 0.3 is 0 Å². The molecule has 52 valence electrons. The molecule has 1 atom stereocenters. The van der Waals surface area contributed by atoms with Crippen molar-refractivity contribution in [3.8, 4) is 0 Å². The van der Waals surface area contributed by atoms with E-state index >= 15 is 0 Å². The highest BCUT2D eigenvalue weighted by molar-refractivity contribution is 5.83. The lowest BCUT2D eigenvalue weighted by Gasteiger charge is -2.03. The van der Waals surface area contributed by atoms with E-state index in [1.54, 1.807) is 0 Å². The quantitative estimate of drug-likeness (QED) is 0.408. The monoisotopic (exact) mass is 126 g/mol. The second kappa shape index (κ2) is 4.24. The Hall–Kier alpha value is -0.660. The average molecular weight is 126 g/mol. The van der Waals surface area contributed by atoms with Gasteiger partial charge in [-0.25, -0.2) is 0 Å². The molecule has 0 aliphatic heterocycles. The molecule has 0 aliphatic rings. The molecule has 0 bridgehead atoms. The van der Waals surface area contributed by atoms with Gasteiger partial charge in [-0.15, -0.1) is 0 Å². The summed E-state index contributed by atoms with van der Waals surface area (Å²) in [5, 5.41) is 7.27. The van der Waals surface area contributed by atoms with Crippen LogP contribution in [-0.4, -0.2) is 12.4 Å². The smallest absolute Gasteiger partial charge is 0.0402 e. The minimum atomic E-state index is 0.537. The average Bonchev–Trinajstić information content (AvgIpc) is 1.87. The van der Waals surface area contributed by atoms with Gasteiger partial charge in [-0.1, -0.05) is 13.8 Å². The summed E-state index contributed by atoms with van der Waals surface area (Å²) in [4.78, 5) is 0. The Labute approximate surface area is 56.7 Å². The fourth-order valence-corrected chi connectivity index (χ4v) is 0.506. The van der Waals surface area contributed by atoms with E-state index in [0.29, 0.717) is 5.92 Å². The normalized spacial score (nSPS) is 15.2. The minimum Gasteiger partial charge on any atom is -0.167 e. The van der Waals surface area contributed by atoms with E-state index in [1.165, 1.54) is 0 Å². The van der Waals surface area contributed by atoms with Gasteiger partial charge in [-0.3, -0.25) is 0 Å². The predicted octanol–water partition coefficient (Wildman–Crippen LogP) is 2.11. The van der Waals surface area contributed by atoms with E-state index < -0.39 is 0 Å². The van der Waals surface area contributed by atoms with E-state index in [1.807, 2.05) is 6.92 Å². The molecule has 0 saturated heterocycles. The number of nitrogens with zero attached hydrogens (tertiary/aromatic N) is 2. The summed E-state index contributed by atoms with van der Waals surface area (Å²) in [6.45, 7) is 9.52. The molecule has 2 heteroatoms. The molecule has 0 saturated carbocycles. The number of hydrogen-bond donors (Lipinski definition) is 0. The van der Waals surface area contributed by atoms with E-state index in [9.17, 15) is 0 Å². The van der Waals surface area contributed by atoms with Crippen LogP contribution in [0.5, 0.6) is 0 Å². The fourth-order valence-electron chi connectivity index (χ4n) is 0.506. The largest absolute Gasteiger partial charge is 0.167 e. The third-order valence-corrected chi connectivity index (χ3v) is 1.55. The van der Waals surface area contributed by atoms with Gasteiger partial charge in [0.05, 0.1) is 0 Å². The van der Waals surface area contributed by atoms with Crippen LogP contribution < -0.4 is 0 Å². The molecule has 0 spiro atoms. The summed E-state index contributed by atoms with van der Waals surface area (Å²) in [6.07, 6.45) is 1.12. The van der Waals surface area contributed by atoms with Crippen molar-refractivity contribution < 1.29 is 0 Å². The van der Waals surface area contributed by atoms with E-state index in [4.69, 9.17) is 0 Å². The van der Waals surface area contributed by atoms with Gasteiger partial charge in [0.15, 0.2) is 0 Å². The van der Waals surface area contributed by atoms with E-state index in [-0.39, 0.29) is 0 Å². The lowest BCUT2D eigenvalue weighted by atomic mass is 10.1. The van der Waals surface area contributed by atoms with E-state index in [2.05, 4.69) is 30.8 Å².